The standard InChI is InChI=1S/C4H5N2S2/c1-3-5-6-4(7-2)8-3/h1H2,2H3. The summed E-state index contributed by atoms with van der Waals surface area (Å²) in [4.78, 5) is 0. The third-order valence-corrected chi connectivity index (χ3v) is 2.38. The van der Waals surface area contributed by atoms with Crippen LogP contribution in [-0.4, -0.2) is 16.5 Å². The molecule has 0 aliphatic carbocycles. The Kier molecular flexibility index (Phi) is 1.85. The highest BCUT2D eigenvalue weighted by Crippen LogP contribution is 2.17. The van der Waals surface area contributed by atoms with Crippen LogP contribution < -0.4 is 0 Å². The molecule has 0 aliphatic rings. The topological polar surface area (TPSA) is 25.8 Å². The Bertz CT molecular complexity index is 172. The second kappa shape index (κ2) is 2.46. The predicted molar refractivity (Wildman–Crippen MR) is 36.1 cm³/mol. The molecule has 8 heavy (non-hydrogen) atoms. The molecule has 43 valence electrons. The van der Waals surface area contributed by atoms with Gasteiger partial charge in [-0.1, -0.05) is 23.1 Å². The van der Waals surface area contributed by atoms with Crippen LogP contribution in [0.15, 0.2) is 4.34 Å². The lowest BCUT2D eigenvalue weighted by atomic mass is 10.9. The van der Waals surface area contributed by atoms with E-state index in [1.807, 2.05) is 6.26 Å². The monoisotopic (exact) mass is 145 g/mol. The third kappa shape index (κ3) is 1.20. The van der Waals surface area contributed by atoms with Gasteiger partial charge >= 0.3 is 0 Å². The van der Waals surface area contributed by atoms with Crippen LogP contribution in [0.5, 0.6) is 0 Å². The van der Waals surface area contributed by atoms with Crippen LogP contribution in [-0.2, 0) is 0 Å². The van der Waals surface area contributed by atoms with Gasteiger partial charge in [0.1, 0.15) is 5.01 Å². The average Bonchev–Trinajstić information content (AvgIpc) is 2.14. The molecule has 0 bridgehead atoms. The Morgan fingerprint density at radius 2 is 2.38 bits per heavy atom. The maximum atomic E-state index is 3.80. The quantitative estimate of drug-likeness (QED) is 0.559. The van der Waals surface area contributed by atoms with E-state index in [9.17, 15) is 0 Å². The van der Waals surface area contributed by atoms with E-state index >= 15 is 0 Å². The number of aromatic nitrogens is 2. The highest BCUT2D eigenvalue weighted by molar-refractivity contribution is 8.00. The van der Waals surface area contributed by atoms with E-state index in [0.29, 0.717) is 0 Å². The first-order chi connectivity index (χ1) is 3.83. The summed E-state index contributed by atoms with van der Waals surface area (Å²) in [5.41, 5.74) is 0. The smallest absolute Gasteiger partial charge is 0.143 e. The lowest BCUT2D eigenvalue weighted by Crippen LogP contribution is -1.67. The maximum absolute atomic E-state index is 3.80. The molecule has 1 aromatic heterocycles. The Labute approximate surface area is 56.3 Å². The van der Waals surface area contributed by atoms with Crippen molar-refractivity contribution in [3.63, 3.8) is 0 Å². The number of rotatable bonds is 1. The third-order valence-electron chi connectivity index (χ3n) is 0.623. The summed E-state index contributed by atoms with van der Waals surface area (Å²) in [5.74, 6) is 0. The van der Waals surface area contributed by atoms with Crippen molar-refractivity contribution in [2.24, 2.45) is 0 Å². The molecule has 1 heterocycles. The molecule has 0 aromatic carbocycles. The van der Waals surface area contributed by atoms with Crippen molar-refractivity contribution < 1.29 is 0 Å². The zero-order valence-electron chi connectivity index (χ0n) is 4.42. The molecule has 0 amide bonds. The molecule has 1 rings (SSSR count). The van der Waals surface area contributed by atoms with Gasteiger partial charge in [-0.05, 0) is 6.26 Å². The lowest BCUT2D eigenvalue weighted by Gasteiger charge is -1.75. The van der Waals surface area contributed by atoms with Crippen LogP contribution in [0, 0.1) is 6.92 Å². The van der Waals surface area contributed by atoms with Crippen LogP contribution in [0.1, 0.15) is 5.01 Å². The summed E-state index contributed by atoms with van der Waals surface area (Å²) in [6.45, 7) is 3.62. The Balaban J connectivity index is 2.84. The van der Waals surface area contributed by atoms with Crippen molar-refractivity contribution in [2.45, 2.75) is 4.34 Å². The second-order valence-electron chi connectivity index (χ2n) is 1.17. The minimum atomic E-state index is 0.786. The zero-order valence-corrected chi connectivity index (χ0v) is 6.05. The first kappa shape index (κ1) is 6.04. The van der Waals surface area contributed by atoms with Gasteiger partial charge in [-0.2, -0.15) is 0 Å². The normalized spacial score (nSPS) is 9.75. The van der Waals surface area contributed by atoms with Gasteiger partial charge in [0.25, 0.3) is 0 Å². The molecular weight excluding hydrogens is 140 g/mol. The van der Waals surface area contributed by atoms with Crippen molar-refractivity contribution in [3.8, 4) is 0 Å². The summed E-state index contributed by atoms with van der Waals surface area (Å²) in [6.07, 6.45) is 1.97. The molecule has 0 fully saturated rings. The Morgan fingerprint density at radius 1 is 1.62 bits per heavy atom. The summed E-state index contributed by atoms with van der Waals surface area (Å²) < 4.78 is 0.981. The van der Waals surface area contributed by atoms with Crippen LogP contribution in [0.2, 0.25) is 0 Å². The molecule has 0 atom stereocenters. The van der Waals surface area contributed by atoms with Crippen LogP contribution in [0.3, 0.4) is 0 Å². The van der Waals surface area contributed by atoms with Gasteiger partial charge < -0.3 is 0 Å². The molecule has 0 unspecified atom stereocenters. The molecule has 0 N–H and O–H groups in total. The second-order valence-corrected chi connectivity index (χ2v) is 3.28. The van der Waals surface area contributed by atoms with Crippen molar-refractivity contribution in [1.29, 1.82) is 0 Å². The zero-order chi connectivity index (χ0) is 5.98. The lowest BCUT2D eigenvalue weighted by molar-refractivity contribution is 0.999. The molecule has 0 saturated carbocycles. The molecule has 0 saturated heterocycles. The summed E-state index contributed by atoms with van der Waals surface area (Å²) in [7, 11) is 0. The van der Waals surface area contributed by atoms with Crippen LogP contribution in [0.4, 0.5) is 0 Å². The van der Waals surface area contributed by atoms with Gasteiger partial charge in [0, 0.05) is 6.92 Å². The minimum Gasteiger partial charge on any atom is -0.143 e. The van der Waals surface area contributed by atoms with E-state index in [-0.39, 0.29) is 0 Å². The first-order valence-corrected chi connectivity index (χ1v) is 4.06. The molecule has 0 spiro atoms. The van der Waals surface area contributed by atoms with Crippen molar-refractivity contribution >= 4 is 23.1 Å². The van der Waals surface area contributed by atoms with E-state index in [4.69, 9.17) is 0 Å². The molecule has 0 aliphatic heterocycles. The Hall–Kier alpha value is -0.0900. The minimum absolute atomic E-state index is 0.786. The van der Waals surface area contributed by atoms with E-state index in [1.54, 1.807) is 11.8 Å². The molecule has 1 radical (unpaired) electrons. The number of thioether (sulfide) groups is 1. The largest absolute Gasteiger partial charge is 0.174 e. The fourth-order valence-electron chi connectivity index (χ4n) is 0.321. The van der Waals surface area contributed by atoms with E-state index < -0.39 is 0 Å². The first-order valence-electron chi connectivity index (χ1n) is 2.02. The highest BCUT2D eigenvalue weighted by Gasteiger charge is 1.94. The number of hydrogen-bond donors (Lipinski definition) is 0. The van der Waals surface area contributed by atoms with Crippen molar-refractivity contribution in [3.05, 3.63) is 11.9 Å². The summed E-state index contributed by atoms with van der Waals surface area (Å²) in [6, 6.07) is 0. The maximum Gasteiger partial charge on any atom is 0.174 e. The van der Waals surface area contributed by atoms with Gasteiger partial charge in [0.15, 0.2) is 4.34 Å². The van der Waals surface area contributed by atoms with E-state index in [0.717, 1.165) is 9.35 Å². The molecule has 4 heteroatoms. The number of nitrogens with zero attached hydrogens (tertiary/aromatic N) is 2. The predicted octanol–water partition coefficient (Wildman–Crippen LogP) is 1.44. The van der Waals surface area contributed by atoms with Gasteiger partial charge in [0.2, 0.25) is 0 Å². The Morgan fingerprint density at radius 3 is 2.62 bits per heavy atom. The SMILES string of the molecule is [CH2]c1nnc(SC)s1. The van der Waals surface area contributed by atoms with Crippen molar-refractivity contribution in [2.75, 3.05) is 6.26 Å². The fourth-order valence-corrected chi connectivity index (χ4v) is 1.43. The van der Waals surface area contributed by atoms with Gasteiger partial charge in [-0.3, -0.25) is 0 Å². The average molecular weight is 145 g/mol. The van der Waals surface area contributed by atoms with Gasteiger partial charge in [-0.15, -0.1) is 10.2 Å². The van der Waals surface area contributed by atoms with E-state index in [2.05, 4.69) is 17.1 Å². The molecule has 2 nitrogen and oxygen atoms in total. The van der Waals surface area contributed by atoms with E-state index in [1.165, 1.54) is 11.3 Å². The van der Waals surface area contributed by atoms with Crippen LogP contribution >= 0.6 is 23.1 Å². The molecule has 1 aromatic rings. The molecular formula is C4H5N2S2. The summed E-state index contributed by atoms with van der Waals surface area (Å²) >= 11 is 3.11. The van der Waals surface area contributed by atoms with Gasteiger partial charge in [-0.25, -0.2) is 0 Å². The van der Waals surface area contributed by atoms with Crippen LogP contribution in [0.25, 0.3) is 0 Å². The van der Waals surface area contributed by atoms with Crippen molar-refractivity contribution in [1.82, 2.24) is 10.2 Å². The highest BCUT2D eigenvalue weighted by atomic mass is 32.2. The number of hydrogen-bond acceptors (Lipinski definition) is 4. The summed E-state index contributed by atoms with van der Waals surface area (Å²) in [5, 5.41) is 8.31. The van der Waals surface area contributed by atoms with Gasteiger partial charge in [0.05, 0.1) is 0 Å². The fraction of sp³-hybridized carbons (Fsp3) is 0.250.